The molecule has 7 N–H and O–H groups in total. The molecule has 0 bridgehead atoms. The summed E-state index contributed by atoms with van der Waals surface area (Å²) in [5, 5.41) is 15.4. The van der Waals surface area contributed by atoms with E-state index in [1.54, 1.807) is 5.01 Å². The summed E-state index contributed by atoms with van der Waals surface area (Å²) in [5.41, 5.74) is 9.31. The van der Waals surface area contributed by atoms with Crippen LogP contribution in [0.2, 0.25) is 0 Å². The fourth-order valence-electron chi connectivity index (χ4n) is 5.58. The minimum Gasteiger partial charge on any atom is -0.350 e. The lowest BCUT2D eigenvalue weighted by Crippen LogP contribution is -2.66. The summed E-state index contributed by atoms with van der Waals surface area (Å²) in [6.07, 6.45) is 0.688. The van der Waals surface area contributed by atoms with Gasteiger partial charge >= 0.3 is 0 Å². The molecular formula is C20H39FN8O. The average molecular weight is 427 g/mol. The van der Waals surface area contributed by atoms with Gasteiger partial charge in [-0.15, -0.1) is 0 Å². The second-order valence-electron chi connectivity index (χ2n) is 9.47. The van der Waals surface area contributed by atoms with E-state index in [2.05, 4.69) is 52.4 Å². The van der Waals surface area contributed by atoms with Crippen molar-refractivity contribution in [2.24, 2.45) is 17.6 Å². The predicted octanol–water partition coefficient (Wildman–Crippen LogP) is -1.51. The van der Waals surface area contributed by atoms with Gasteiger partial charge in [-0.25, -0.2) is 14.8 Å². The lowest BCUT2D eigenvalue weighted by atomic mass is 9.85. The predicted molar refractivity (Wildman–Crippen MR) is 114 cm³/mol. The molecule has 0 aliphatic carbocycles. The summed E-state index contributed by atoms with van der Waals surface area (Å²) < 4.78 is 13.7. The summed E-state index contributed by atoms with van der Waals surface area (Å²) >= 11 is 0. The van der Waals surface area contributed by atoms with Crippen LogP contribution in [0.1, 0.15) is 33.6 Å². The maximum Gasteiger partial charge on any atom is 0.229 e. The number of hydrogen-bond donors (Lipinski definition) is 6. The number of halogens is 1. The Balaban J connectivity index is 1.45. The van der Waals surface area contributed by atoms with Crippen molar-refractivity contribution in [3.8, 4) is 0 Å². The third-order valence-corrected chi connectivity index (χ3v) is 7.58. The Bertz CT molecular complexity index is 611. The molecule has 4 saturated heterocycles. The Hall–Kier alpha value is -0.880. The van der Waals surface area contributed by atoms with Crippen molar-refractivity contribution in [1.82, 2.24) is 36.6 Å². The maximum atomic E-state index is 13.7. The Labute approximate surface area is 179 Å². The number of nitrogens with two attached hydrogens (primary N) is 1. The average Bonchev–Trinajstić information content (AvgIpc) is 3.29. The molecule has 4 aliphatic heterocycles. The monoisotopic (exact) mass is 426 g/mol. The van der Waals surface area contributed by atoms with Crippen LogP contribution in [-0.4, -0.2) is 91.3 Å². The zero-order valence-corrected chi connectivity index (χ0v) is 18.4. The lowest BCUT2D eigenvalue weighted by Gasteiger charge is -2.45. The number of nitrogens with zero attached hydrogens (tertiary/aromatic N) is 2. The van der Waals surface area contributed by atoms with Crippen molar-refractivity contribution < 1.29 is 9.18 Å². The molecule has 4 aliphatic rings. The Morgan fingerprint density at radius 1 is 1.30 bits per heavy atom. The van der Waals surface area contributed by atoms with E-state index in [1.165, 1.54) is 0 Å². The van der Waals surface area contributed by atoms with Crippen LogP contribution in [0.25, 0.3) is 0 Å². The molecule has 0 aromatic heterocycles. The van der Waals surface area contributed by atoms with Crippen LogP contribution in [-0.2, 0) is 4.79 Å². The molecular weight excluding hydrogens is 387 g/mol. The van der Waals surface area contributed by atoms with Crippen molar-refractivity contribution in [2.45, 2.75) is 76.4 Å². The summed E-state index contributed by atoms with van der Waals surface area (Å²) in [5.74, 6) is 0.0709. The summed E-state index contributed by atoms with van der Waals surface area (Å²) in [4.78, 5) is 15.8. The number of carbonyl (C=O) groups is 1. The van der Waals surface area contributed by atoms with Crippen molar-refractivity contribution in [3.05, 3.63) is 0 Å². The number of piperidine rings is 1. The minimum atomic E-state index is -0.962. The molecule has 0 aromatic carbocycles. The molecule has 0 saturated carbocycles. The van der Waals surface area contributed by atoms with E-state index in [0.717, 1.165) is 32.5 Å². The Morgan fingerprint density at radius 2 is 2.10 bits per heavy atom. The molecule has 30 heavy (non-hydrogen) atoms. The van der Waals surface area contributed by atoms with Crippen LogP contribution in [0.4, 0.5) is 4.39 Å². The van der Waals surface area contributed by atoms with Crippen molar-refractivity contribution in [3.63, 3.8) is 0 Å². The zero-order valence-electron chi connectivity index (χ0n) is 18.4. The van der Waals surface area contributed by atoms with Gasteiger partial charge in [0.1, 0.15) is 6.17 Å². The van der Waals surface area contributed by atoms with Gasteiger partial charge in [0, 0.05) is 44.8 Å². The number of carbonyl (C=O) groups excluding carboxylic acids is 1. The summed E-state index contributed by atoms with van der Waals surface area (Å²) in [7, 11) is 0. The zero-order chi connectivity index (χ0) is 21.4. The van der Waals surface area contributed by atoms with Gasteiger partial charge in [0.15, 0.2) is 0 Å². The molecule has 4 heterocycles. The summed E-state index contributed by atoms with van der Waals surface area (Å²) in [6.45, 7) is 9.93. The highest BCUT2D eigenvalue weighted by Crippen LogP contribution is 2.26. The Morgan fingerprint density at radius 3 is 2.80 bits per heavy atom. The first-order chi connectivity index (χ1) is 14.4. The topological polar surface area (TPSA) is 110 Å². The van der Waals surface area contributed by atoms with E-state index in [0.29, 0.717) is 18.1 Å². The normalized spacial score (nSPS) is 44.0. The molecule has 0 radical (unpaired) electrons. The molecule has 0 aromatic rings. The van der Waals surface area contributed by atoms with E-state index in [4.69, 9.17) is 5.73 Å². The van der Waals surface area contributed by atoms with Crippen molar-refractivity contribution in [2.75, 3.05) is 32.7 Å². The SMILES string of the molecule is CCC(C)C1CC(N2CCNC2C)C(NC(=O)C2C(N)NN3CC(F)CNC23)CN1. The first-order valence-corrected chi connectivity index (χ1v) is 11.6. The molecule has 4 rings (SSSR count). The van der Waals surface area contributed by atoms with Gasteiger partial charge in [-0.2, -0.15) is 0 Å². The molecule has 0 spiro atoms. The van der Waals surface area contributed by atoms with Gasteiger partial charge in [0.2, 0.25) is 5.91 Å². The number of rotatable bonds is 5. The van der Waals surface area contributed by atoms with E-state index in [-0.39, 0.29) is 37.2 Å². The van der Waals surface area contributed by atoms with E-state index in [9.17, 15) is 9.18 Å². The molecule has 9 nitrogen and oxygen atoms in total. The van der Waals surface area contributed by atoms with E-state index >= 15 is 0 Å². The third kappa shape index (κ3) is 4.36. The number of hydrazine groups is 1. The smallest absolute Gasteiger partial charge is 0.229 e. The highest BCUT2D eigenvalue weighted by molar-refractivity contribution is 5.81. The second kappa shape index (κ2) is 9.32. The quantitative estimate of drug-likeness (QED) is 0.315. The van der Waals surface area contributed by atoms with Gasteiger partial charge in [0.05, 0.1) is 30.5 Å². The van der Waals surface area contributed by atoms with Crippen molar-refractivity contribution >= 4 is 5.91 Å². The van der Waals surface area contributed by atoms with Gasteiger partial charge in [-0.05, 0) is 19.3 Å². The first-order valence-electron chi connectivity index (χ1n) is 11.6. The van der Waals surface area contributed by atoms with E-state index < -0.39 is 18.3 Å². The molecule has 9 unspecified atom stereocenters. The van der Waals surface area contributed by atoms with Crippen LogP contribution in [0.15, 0.2) is 0 Å². The van der Waals surface area contributed by atoms with Crippen LogP contribution in [0.5, 0.6) is 0 Å². The van der Waals surface area contributed by atoms with Gasteiger partial charge in [-0.3, -0.25) is 15.0 Å². The highest BCUT2D eigenvalue weighted by atomic mass is 19.1. The number of alkyl halides is 1. The van der Waals surface area contributed by atoms with Crippen molar-refractivity contribution in [1.29, 1.82) is 0 Å². The number of nitrogens with one attached hydrogen (secondary N) is 5. The first kappa shape index (κ1) is 22.3. The van der Waals surface area contributed by atoms with Gasteiger partial charge < -0.3 is 21.7 Å². The lowest BCUT2D eigenvalue weighted by molar-refractivity contribution is -0.128. The van der Waals surface area contributed by atoms with Crippen LogP contribution >= 0.6 is 0 Å². The van der Waals surface area contributed by atoms with Crippen LogP contribution < -0.4 is 32.4 Å². The molecule has 10 heteroatoms. The number of amides is 1. The largest absolute Gasteiger partial charge is 0.350 e. The Kier molecular flexibility index (Phi) is 6.93. The van der Waals surface area contributed by atoms with Gasteiger partial charge in [-0.1, -0.05) is 20.3 Å². The maximum absolute atomic E-state index is 13.7. The molecule has 1 amide bonds. The standard InChI is InChI=1S/C20H39FN8O/c1-4-11(2)14-7-16(28-6-5-23-12(28)3)15(9-24-14)26-20(30)17-18(22)27-29-10-13(21)8-25-19(17)29/h11-19,23-25,27H,4-10,22H2,1-3H3,(H,26,30). The van der Waals surface area contributed by atoms with Gasteiger partial charge in [0.25, 0.3) is 0 Å². The molecule has 4 fully saturated rings. The van der Waals surface area contributed by atoms with Crippen LogP contribution in [0, 0.1) is 11.8 Å². The third-order valence-electron chi connectivity index (χ3n) is 7.58. The molecule has 9 atom stereocenters. The minimum absolute atomic E-state index is 0.0129. The van der Waals surface area contributed by atoms with E-state index in [1.807, 2.05) is 0 Å². The molecule has 172 valence electrons. The van der Waals surface area contributed by atoms with Crippen LogP contribution in [0.3, 0.4) is 0 Å². The fraction of sp³-hybridized carbons (Fsp3) is 0.950. The highest BCUT2D eigenvalue weighted by Gasteiger charge is 2.48. The fourth-order valence-corrected chi connectivity index (χ4v) is 5.58. The summed E-state index contributed by atoms with van der Waals surface area (Å²) in [6, 6.07) is 0.739. The number of hydrogen-bond acceptors (Lipinski definition) is 8. The number of fused-ring (bicyclic) bond motifs is 1. The second-order valence-corrected chi connectivity index (χ2v) is 9.47.